The van der Waals surface area contributed by atoms with Gasteiger partial charge in [-0.15, -0.1) is 0 Å². The fourth-order valence-corrected chi connectivity index (χ4v) is 4.90. The van der Waals surface area contributed by atoms with Gasteiger partial charge in [0.05, 0.1) is 6.42 Å². The summed E-state index contributed by atoms with van der Waals surface area (Å²) in [6, 6.07) is 10.9. The van der Waals surface area contributed by atoms with E-state index in [9.17, 15) is 9.59 Å². The number of amides is 2. The lowest BCUT2D eigenvalue weighted by Crippen LogP contribution is -2.50. The van der Waals surface area contributed by atoms with Gasteiger partial charge < -0.3 is 10.2 Å². The van der Waals surface area contributed by atoms with Crippen LogP contribution in [0.5, 0.6) is 0 Å². The van der Waals surface area contributed by atoms with E-state index in [-0.39, 0.29) is 30.8 Å². The highest BCUT2D eigenvalue weighted by atomic mass is 35.5. The van der Waals surface area contributed by atoms with Crippen LogP contribution in [0.25, 0.3) is 0 Å². The molecular formula is C26H32Cl2N2O2. The minimum absolute atomic E-state index is 0.104. The van der Waals surface area contributed by atoms with Crippen molar-refractivity contribution >= 4 is 35.0 Å². The first-order valence-electron chi connectivity index (χ1n) is 11.3. The van der Waals surface area contributed by atoms with Gasteiger partial charge in [-0.05, 0) is 56.9 Å². The topological polar surface area (TPSA) is 49.4 Å². The predicted molar refractivity (Wildman–Crippen MR) is 131 cm³/mol. The lowest BCUT2D eigenvalue weighted by atomic mass is 9.95. The first kappa shape index (κ1) is 24.6. The molecule has 0 saturated heterocycles. The highest BCUT2D eigenvalue weighted by Crippen LogP contribution is 2.24. The van der Waals surface area contributed by atoms with Crippen molar-refractivity contribution in [2.75, 3.05) is 0 Å². The minimum atomic E-state index is -0.609. The molecule has 1 aliphatic carbocycles. The zero-order valence-corrected chi connectivity index (χ0v) is 20.6. The monoisotopic (exact) mass is 474 g/mol. The number of benzene rings is 2. The van der Waals surface area contributed by atoms with Gasteiger partial charge in [-0.2, -0.15) is 0 Å². The van der Waals surface area contributed by atoms with Crippen LogP contribution in [0.1, 0.15) is 61.3 Å². The van der Waals surface area contributed by atoms with Gasteiger partial charge in [-0.1, -0.05) is 77.9 Å². The molecule has 0 heterocycles. The van der Waals surface area contributed by atoms with E-state index in [0.29, 0.717) is 10.0 Å². The van der Waals surface area contributed by atoms with Crippen molar-refractivity contribution in [3.05, 3.63) is 68.7 Å². The summed E-state index contributed by atoms with van der Waals surface area (Å²) in [6.07, 6.45) is 5.71. The highest BCUT2D eigenvalue weighted by molar-refractivity contribution is 6.35. The third kappa shape index (κ3) is 6.73. The fourth-order valence-electron chi connectivity index (χ4n) is 4.43. The molecule has 0 aromatic heterocycles. The van der Waals surface area contributed by atoms with Crippen LogP contribution in [0.2, 0.25) is 10.0 Å². The van der Waals surface area contributed by atoms with Crippen LogP contribution >= 0.6 is 23.2 Å². The van der Waals surface area contributed by atoms with Gasteiger partial charge in [0.15, 0.2) is 0 Å². The van der Waals surface area contributed by atoms with E-state index in [0.717, 1.165) is 47.9 Å². The molecule has 0 radical (unpaired) electrons. The number of rotatable bonds is 7. The van der Waals surface area contributed by atoms with Crippen LogP contribution in [0.15, 0.2) is 36.4 Å². The van der Waals surface area contributed by atoms with Gasteiger partial charge in [-0.3, -0.25) is 9.59 Å². The number of nitrogens with one attached hydrogen (secondary N) is 1. The summed E-state index contributed by atoms with van der Waals surface area (Å²) in [4.78, 5) is 28.2. The normalized spacial score (nSPS) is 15.3. The van der Waals surface area contributed by atoms with E-state index in [4.69, 9.17) is 23.2 Å². The molecule has 0 spiro atoms. The summed E-state index contributed by atoms with van der Waals surface area (Å²) >= 11 is 12.4. The number of halogens is 2. The van der Waals surface area contributed by atoms with E-state index in [1.807, 2.05) is 32.0 Å². The Kier molecular flexibility index (Phi) is 8.61. The van der Waals surface area contributed by atoms with E-state index in [1.165, 1.54) is 6.42 Å². The largest absolute Gasteiger partial charge is 0.352 e. The molecule has 0 bridgehead atoms. The van der Waals surface area contributed by atoms with E-state index < -0.39 is 6.04 Å². The zero-order valence-electron chi connectivity index (χ0n) is 19.1. The van der Waals surface area contributed by atoms with Crippen LogP contribution in [-0.2, 0) is 22.6 Å². The second-order valence-electron chi connectivity index (χ2n) is 8.95. The molecule has 172 valence electrons. The Hall–Kier alpha value is -2.04. The minimum Gasteiger partial charge on any atom is -0.352 e. The van der Waals surface area contributed by atoms with Crippen molar-refractivity contribution in [2.45, 2.75) is 77.9 Å². The number of nitrogens with zero attached hydrogens (tertiary/aromatic N) is 1. The second kappa shape index (κ2) is 11.2. The Balaban J connectivity index is 1.81. The van der Waals surface area contributed by atoms with Gasteiger partial charge in [0.2, 0.25) is 11.8 Å². The molecule has 2 aromatic carbocycles. The van der Waals surface area contributed by atoms with Gasteiger partial charge >= 0.3 is 0 Å². The lowest BCUT2D eigenvalue weighted by molar-refractivity contribution is -0.140. The number of hydrogen-bond acceptors (Lipinski definition) is 2. The van der Waals surface area contributed by atoms with Gasteiger partial charge in [0.25, 0.3) is 0 Å². The predicted octanol–water partition coefficient (Wildman–Crippen LogP) is 6.02. The first-order chi connectivity index (χ1) is 15.2. The van der Waals surface area contributed by atoms with Crippen molar-refractivity contribution in [3.63, 3.8) is 0 Å². The van der Waals surface area contributed by atoms with Crippen LogP contribution in [0.4, 0.5) is 0 Å². The molecule has 6 heteroatoms. The zero-order chi connectivity index (χ0) is 23.3. The quantitative estimate of drug-likeness (QED) is 0.533. The Morgan fingerprint density at radius 2 is 1.69 bits per heavy atom. The lowest BCUT2D eigenvalue weighted by Gasteiger charge is -2.31. The molecular weight excluding hydrogens is 443 g/mol. The molecule has 1 atom stereocenters. The Morgan fingerprint density at radius 1 is 1.03 bits per heavy atom. The van der Waals surface area contributed by atoms with Crippen molar-refractivity contribution in [2.24, 2.45) is 0 Å². The van der Waals surface area contributed by atoms with Crippen molar-refractivity contribution in [1.82, 2.24) is 10.2 Å². The van der Waals surface area contributed by atoms with Crippen LogP contribution in [0, 0.1) is 13.8 Å². The standard InChI is InChI=1S/C26H32Cl2N2O2/c1-17-11-18(2)13-20(12-17)14-25(31)30(16-21-9-10-22(27)15-24(21)28)19(3)26(32)29-23-7-5-4-6-8-23/h9-13,15,19,23H,4-8,14,16H2,1-3H3,(H,29,32). The van der Waals surface area contributed by atoms with Gasteiger partial charge in [0.1, 0.15) is 6.04 Å². The molecule has 2 aromatic rings. The maximum Gasteiger partial charge on any atom is 0.242 e. The average Bonchev–Trinajstić information content (AvgIpc) is 2.72. The summed E-state index contributed by atoms with van der Waals surface area (Å²) in [5.41, 5.74) is 3.94. The molecule has 1 aliphatic rings. The van der Waals surface area contributed by atoms with Crippen molar-refractivity contribution in [1.29, 1.82) is 0 Å². The van der Waals surface area contributed by atoms with Crippen LogP contribution in [0.3, 0.4) is 0 Å². The third-order valence-corrected chi connectivity index (χ3v) is 6.70. The maximum absolute atomic E-state index is 13.4. The summed E-state index contributed by atoms with van der Waals surface area (Å²) in [5, 5.41) is 4.18. The van der Waals surface area contributed by atoms with Crippen molar-refractivity contribution in [3.8, 4) is 0 Å². The number of hydrogen-bond donors (Lipinski definition) is 1. The SMILES string of the molecule is Cc1cc(C)cc(CC(=O)N(Cc2ccc(Cl)cc2Cl)C(C)C(=O)NC2CCCCC2)c1. The van der Waals surface area contributed by atoms with Gasteiger partial charge in [0, 0.05) is 22.6 Å². The molecule has 2 amide bonds. The number of carbonyl (C=O) groups excluding carboxylic acids is 2. The van der Waals surface area contributed by atoms with Gasteiger partial charge in [-0.25, -0.2) is 0 Å². The molecule has 4 nitrogen and oxygen atoms in total. The molecule has 32 heavy (non-hydrogen) atoms. The molecule has 1 saturated carbocycles. The third-order valence-electron chi connectivity index (χ3n) is 6.11. The van der Waals surface area contributed by atoms with Crippen molar-refractivity contribution < 1.29 is 9.59 Å². The Morgan fingerprint density at radius 3 is 2.31 bits per heavy atom. The van der Waals surface area contributed by atoms with E-state index in [1.54, 1.807) is 24.0 Å². The first-order valence-corrected chi connectivity index (χ1v) is 12.1. The summed E-state index contributed by atoms with van der Waals surface area (Å²) < 4.78 is 0. The summed E-state index contributed by atoms with van der Waals surface area (Å²) in [6.45, 7) is 6.08. The van der Waals surface area contributed by atoms with Crippen LogP contribution < -0.4 is 5.32 Å². The molecule has 0 aliphatic heterocycles. The molecule has 1 fully saturated rings. The maximum atomic E-state index is 13.4. The highest BCUT2D eigenvalue weighted by Gasteiger charge is 2.28. The smallest absolute Gasteiger partial charge is 0.242 e. The molecule has 1 N–H and O–H groups in total. The van der Waals surface area contributed by atoms with E-state index in [2.05, 4.69) is 11.4 Å². The number of carbonyl (C=O) groups is 2. The summed E-state index contributed by atoms with van der Waals surface area (Å²) in [5.74, 6) is -0.219. The average molecular weight is 475 g/mol. The van der Waals surface area contributed by atoms with E-state index >= 15 is 0 Å². The Bertz CT molecular complexity index is 950. The molecule has 3 rings (SSSR count). The molecule has 1 unspecified atom stereocenters. The summed E-state index contributed by atoms with van der Waals surface area (Å²) in [7, 11) is 0. The van der Waals surface area contributed by atoms with Crippen LogP contribution in [-0.4, -0.2) is 28.8 Å². The second-order valence-corrected chi connectivity index (χ2v) is 9.79. The fraction of sp³-hybridized carbons (Fsp3) is 0.462. The number of aryl methyl sites for hydroxylation is 2. The Labute approximate surface area is 201 Å².